The molecule has 1 amide bonds. The number of nitrogen functional groups attached to an aromatic ring is 1. The largest absolute Gasteiger partial charge is 0.456 e. The zero-order valence-corrected chi connectivity index (χ0v) is 29.6. The summed E-state index contributed by atoms with van der Waals surface area (Å²) in [6.07, 6.45) is 4.47. The molecule has 15 heteroatoms. The molecule has 0 spiro atoms. The Bertz CT molecular complexity index is 1400. The van der Waals surface area contributed by atoms with Crippen molar-refractivity contribution in [3.8, 4) is 0 Å². The Morgan fingerprint density at radius 3 is 2.42 bits per heavy atom. The van der Waals surface area contributed by atoms with Crippen LogP contribution in [0.1, 0.15) is 70.1 Å². The van der Waals surface area contributed by atoms with Crippen LogP contribution in [0.3, 0.4) is 0 Å². The molecule has 2 aliphatic rings. The summed E-state index contributed by atoms with van der Waals surface area (Å²) < 4.78 is 41.8. The molecule has 0 radical (unpaired) electrons. The van der Waals surface area contributed by atoms with Gasteiger partial charge < -0.3 is 31.4 Å². The number of hydrogen-bond acceptors (Lipinski definition) is 11. The molecule has 2 heterocycles. The predicted octanol–water partition coefficient (Wildman–Crippen LogP) is 2.15. The number of nitrogens with two attached hydrogens (primary N) is 2. The Kier molecular flexibility index (Phi) is 14.6. The van der Waals surface area contributed by atoms with Crippen LogP contribution in [0.4, 0.5) is 5.13 Å². The SMILES string of the molecule is CC(C)C[C@H](O)[C@H](OC(=O)[C@H](Cc1csc(N)n1)NC(=O)[C@H](Cc1ccccc1)NS(=O)(=O)N1CCOCC1)[C@@H](N)CC1CCCCC1. The van der Waals surface area contributed by atoms with E-state index < -0.39 is 52.4 Å². The fourth-order valence-corrected chi connectivity index (χ4v) is 8.30. The van der Waals surface area contributed by atoms with Gasteiger partial charge in [-0.3, -0.25) is 4.79 Å². The van der Waals surface area contributed by atoms with Crippen LogP contribution in [0.5, 0.6) is 0 Å². The van der Waals surface area contributed by atoms with E-state index >= 15 is 0 Å². The van der Waals surface area contributed by atoms with Gasteiger partial charge in [-0.05, 0) is 36.7 Å². The Morgan fingerprint density at radius 1 is 1.10 bits per heavy atom. The average molecular weight is 709 g/mol. The van der Waals surface area contributed by atoms with E-state index in [-0.39, 0.29) is 45.1 Å². The van der Waals surface area contributed by atoms with Crippen molar-refractivity contribution < 1.29 is 32.6 Å². The number of rotatable bonds is 17. The zero-order valence-electron chi connectivity index (χ0n) is 28.0. The first kappa shape index (κ1) is 38.1. The van der Waals surface area contributed by atoms with Gasteiger partial charge in [-0.15, -0.1) is 11.3 Å². The minimum absolute atomic E-state index is 0.0314. The van der Waals surface area contributed by atoms with Crippen molar-refractivity contribution in [2.45, 2.75) is 102 Å². The summed E-state index contributed by atoms with van der Waals surface area (Å²) in [6.45, 7) is 4.72. The van der Waals surface area contributed by atoms with E-state index in [1.165, 1.54) is 22.1 Å². The normalized spacial score (nSPS) is 19.7. The number of ether oxygens (including phenoxy) is 2. The van der Waals surface area contributed by atoms with Crippen molar-refractivity contribution in [2.24, 2.45) is 17.6 Å². The molecule has 1 aliphatic heterocycles. The van der Waals surface area contributed by atoms with E-state index in [4.69, 9.17) is 20.9 Å². The molecule has 13 nitrogen and oxygen atoms in total. The topological polar surface area (TPSA) is 199 Å². The third-order valence-corrected chi connectivity index (χ3v) is 11.2. The molecule has 1 saturated carbocycles. The van der Waals surface area contributed by atoms with Crippen molar-refractivity contribution in [1.82, 2.24) is 19.3 Å². The Morgan fingerprint density at radius 2 is 1.79 bits per heavy atom. The highest BCUT2D eigenvalue weighted by atomic mass is 32.2. The van der Waals surface area contributed by atoms with Gasteiger partial charge in [0.1, 0.15) is 18.2 Å². The molecule has 7 N–H and O–H groups in total. The van der Waals surface area contributed by atoms with E-state index in [0.717, 1.165) is 31.2 Å². The van der Waals surface area contributed by atoms with E-state index in [2.05, 4.69) is 15.0 Å². The van der Waals surface area contributed by atoms with E-state index in [0.29, 0.717) is 29.6 Å². The maximum absolute atomic E-state index is 14.0. The van der Waals surface area contributed by atoms with Crippen LogP contribution in [-0.2, 0) is 42.1 Å². The van der Waals surface area contributed by atoms with Crippen LogP contribution in [-0.4, -0.2) is 91.3 Å². The van der Waals surface area contributed by atoms with Crippen molar-refractivity contribution >= 4 is 38.6 Å². The fraction of sp³-hybridized carbons (Fsp3) is 0.667. The molecule has 5 atom stereocenters. The second-order valence-corrected chi connectivity index (χ2v) is 15.9. The van der Waals surface area contributed by atoms with Crippen LogP contribution in [0.25, 0.3) is 0 Å². The summed E-state index contributed by atoms with van der Waals surface area (Å²) in [4.78, 5) is 32.2. The third kappa shape index (κ3) is 11.7. The van der Waals surface area contributed by atoms with Gasteiger partial charge in [0.05, 0.1) is 25.0 Å². The summed E-state index contributed by atoms with van der Waals surface area (Å²) in [5.74, 6) is -1.01. The highest BCUT2D eigenvalue weighted by Crippen LogP contribution is 2.29. The van der Waals surface area contributed by atoms with Gasteiger partial charge in [-0.2, -0.15) is 17.4 Å². The number of anilines is 1. The Hall–Kier alpha value is -2.66. The first-order chi connectivity index (χ1) is 22.9. The number of nitrogens with one attached hydrogen (secondary N) is 2. The number of carbonyl (C=O) groups is 2. The van der Waals surface area contributed by atoms with Gasteiger partial charge in [0.2, 0.25) is 5.91 Å². The number of morpholine rings is 1. The molecule has 48 heavy (non-hydrogen) atoms. The summed E-state index contributed by atoms with van der Waals surface area (Å²) >= 11 is 1.19. The van der Waals surface area contributed by atoms with Crippen LogP contribution in [0.15, 0.2) is 35.7 Å². The molecule has 1 aromatic heterocycles. The maximum Gasteiger partial charge on any atom is 0.329 e. The molecular weight excluding hydrogens is 657 g/mol. The number of thiazole rings is 1. The summed E-state index contributed by atoms with van der Waals surface area (Å²) in [5.41, 5.74) is 13.7. The molecule has 268 valence electrons. The number of aliphatic hydroxyl groups excluding tert-OH is 1. The van der Waals surface area contributed by atoms with Crippen LogP contribution in [0, 0.1) is 11.8 Å². The Balaban J connectivity index is 1.57. The van der Waals surface area contributed by atoms with Gasteiger partial charge in [-0.25, -0.2) is 9.78 Å². The molecular formula is C33H52N6O7S2. The van der Waals surface area contributed by atoms with Crippen LogP contribution >= 0.6 is 11.3 Å². The fourth-order valence-electron chi connectivity index (χ4n) is 6.40. The smallest absolute Gasteiger partial charge is 0.329 e. The highest BCUT2D eigenvalue weighted by molar-refractivity contribution is 7.87. The molecule has 1 saturated heterocycles. The molecule has 2 aromatic rings. The maximum atomic E-state index is 14.0. The number of nitrogens with zero attached hydrogens (tertiary/aromatic N) is 2. The van der Waals surface area contributed by atoms with Gasteiger partial charge in [-0.1, -0.05) is 76.3 Å². The summed E-state index contributed by atoms with van der Waals surface area (Å²) in [5, 5.41) is 15.9. The van der Waals surface area contributed by atoms with Gasteiger partial charge >= 0.3 is 5.97 Å². The van der Waals surface area contributed by atoms with Crippen molar-refractivity contribution in [3.05, 3.63) is 47.0 Å². The van der Waals surface area contributed by atoms with Crippen molar-refractivity contribution in [2.75, 3.05) is 32.0 Å². The monoisotopic (exact) mass is 708 g/mol. The highest BCUT2D eigenvalue weighted by Gasteiger charge is 2.37. The third-order valence-electron chi connectivity index (χ3n) is 8.88. The second-order valence-electron chi connectivity index (χ2n) is 13.3. The first-order valence-corrected chi connectivity index (χ1v) is 19.3. The molecule has 2 fully saturated rings. The second kappa shape index (κ2) is 18.4. The lowest BCUT2D eigenvalue weighted by Gasteiger charge is -2.33. The lowest BCUT2D eigenvalue weighted by Crippen LogP contribution is -2.57. The average Bonchev–Trinajstić information content (AvgIpc) is 3.47. The molecule has 0 bridgehead atoms. The van der Waals surface area contributed by atoms with Crippen molar-refractivity contribution in [1.29, 1.82) is 0 Å². The number of aliphatic hydroxyl groups is 1. The van der Waals surface area contributed by atoms with Crippen molar-refractivity contribution in [3.63, 3.8) is 0 Å². The molecule has 1 aromatic carbocycles. The van der Waals surface area contributed by atoms with E-state index in [1.807, 2.05) is 19.9 Å². The summed E-state index contributed by atoms with van der Waals surface area (Å²) in [7, 11) is -4.08. The molecule has 4 rings (SSSR count). The molecule has 0 unspecified atom stereocenters. The predicted molar refractivity (Wildman–Crippen MR) is 185 cm³/mol. The zero-order chi connectivity index (χ0) is 34.7. The minimum atomic E-state index is -4.08. The lowest BCUT2D eigenvalue weighted by molar-refractivity contribution is -0.161. The van der Waals surface area contributed by atoms with Gasteiger partial charge in [0.15, 0.2) is 5.13 Å². The number of carbonyl (C=O) groups excluding carboxylic acids is 2. The number of esters is 1. The van der Waals surface area contributed by atoms with E-state index in [9.17, 15) is 23.1 Å². The summed E-state index contributed by atoms with van der Waals surface area (Å²) in [6, 6.07) is 5.88. The quantitative estimate of drug-likeness (QED) is 0.152. The number of benzene rings is 1. The first-order valence-electron chi connectivity index (χ1n) is 16.9. The number of amides is 1. The van der Waals surface area contributed by atoms with Gasteiger partial charge in [0, 0.05) is 30.9 Å². The standard InChI is InChI=1S/C33H52N6O7S2/c1-22(2)17-29(40)30(26(34)18-23-9-5-3-6-10-23)46-32(42)28(20-25-21-47-33(35)36-25)37-31(41)27(19-24-11-7-4-8-12-24)38-48(43,44)39-13-15-45-16-14-39/h4,7-8,11-12,21-23,26-30,38,40H,3,5-6,9-10,13-20,34H2,1-2H3,(H2,35,36)(H,37,41)/t26-,27-,28-,29-,30+/m0/s1. The van der Waals surface area contributed by atoms with E-state index in [1.54, 1.807) is 29.6 Å². The number of hydrogen-bond donors (Lipinski definition) is 5. The lowest BCUT2D eigenvalue weighted by atomic mass is 9.82. The van der Waals surface area contributed by atoms with Crippen LogP contribution in [0.2, 0.25) is 0 Å². The number of aromatic nitrogens is 1. The Labute approximate surface area is 288 Å². The van der Waals surface area contributed by atoms with Crippen LogP contribution < -0.4 is 21.5 Å². The minimum Gasteiger partial charge on any atom is -0.456 e. The van der Waals surface area contributed by atoms with Gasteiger partial charge in [0.25, 0.3) is 10.2 Å². The molecule has 1 aliphatic carbocycles.